The van der Waals surface area contributed by atoms with Gasteiger partial charge in [0.15, 0.2) is 0 Å². The smallest absolute Gasteiger partial charge is 0.378 e. The molecule has 1 aromatic carbocycles. The highest BCUT2D eigenvalue weighted by atomic mass is 19.3. The van der Waals surface area contributed by atoms with Crippen molar-refractivity contribution in [2.75, 3.05) is 13.6 Å². The van der Waals surface area contributed by atoms with Crippen molar-refractivity contribution < 1.29 is 23.1 Å². The standard InChI is InChI=1S/C23H27F2NO3/c1-3-15-4-6-16(7-5-15)13-26(2)14-23(24,25)21(28)29-22-10-17-8-18(11-22)20(27)19(9-17)12-22/h3-7,17-19H,1,8-14H2,2H3. The minimum atomic E-state index is -3.59. The van der Waals surface area contributed by atoms with E-state index >= 15 is 0 Å². The van der Waals surface area contributed by atoms with Gasteiger partial charge in [-0.15, -0.1) is 0 Å². The number of carbonyl (C=O) groups is 2. The predicted octanol–water partition coefficient (Wildman–Crippen LogP) is 4.09. The predicted molar refractivity (Wildman–Crippen MR) is 105 cm³/mol. The van der Waals surface area contributed by atoms with Crippen LogP contribution in [0.1, 0.15) is 43.2 Å². The summed E-state index contributed by atoms with van der Waals surface area (Å²) >= 11 is 0. The van der Waals surface area contributed by atoms with Crippen molar-refractivity contribution in [1.29, 1.82) is 0 Å². The van der Waals surface area contributed by atoms with E-state index in [0.717, 1.165) is 24.0 Å². The van der Waals surface area contributed by atoms with Crippen LogP contribution in [0.2, 0.25) is 0 Å². The van der Waals surface area contributed by atoms with E-state index in [2.05, 4.69) is 6.58 Å². The van der Waals surface area contributed by atoms with Crippen LogP contribution in [-0.2, 0) is 20.9 Å². The monoisotopic (exact) mass is 403 g/mol. The number of nitrogens with zero attached hydrogens (tertiary/aromatic N) is 1. The summed E-state index contributed by atoms with van der Waals surface area (Å²) in [7, 11) is 1.56. The first-order valence-electron chi connectivity index (χ1n) is 10.2. The molecule has 29 heavy (non-hydrogen) atoms. The highest BCUT2D eigenvalue weighted by Crippen LogP contribution is 2.55. The molecule has 0 amide bonds. The van der Waals surface area contributed by atoms with E-state index in [4.69, 9.17) is 4.74 Å². The van der Waals surface area contributed by atoms with Gasteiger partial charge in [-0.1, -0.05) is 36.9 Å². The van der Waals surface area contributed by atoms with E-state index in [-0.39, 0.29) is 17.6 Å². The number of halogens is 2. The number of esters is 1. The molecule has 4 aliphatic carbocycles. The maximum atomic E-state index is 14.7. The van der Waals surface area contributed by atoms with Gasteiger partial charge in [0.25, 0.3) is 0 Å². The lowest BCUT2D eigenvalue weighted by molar-refractivity contribution is -0.210. The van der Waals surface area contributed by atoms with Gasteiger partial charge < -0.3 is 4.74 Å². The molecule has 0 N–H and O–H groups in total. The second kappa shape index (κ2) is 7.31. The number of hydrogen-bond donors (Lipinski definition) is 0. The van der Waals surface area contributed by atoms with Gasteiger partial charge in [-0.2, -0.15) is 8.78 Å². The van der Waals surface area contributed by atoms with Crippen molar-refractivity contribution in [1.82, 2.24) is 4.90 Å². The maximum absolute atomic E-state index is 14.7. The number of Topliss-reactive ketones (excluding diaryl/α,β-unsaturated/α-hetero) is 1. The SMILES string of the molecule is C=Cc1ccc(CN(C)CC(F)(F)C(=O)OC23CC4CC(C2)C(=O)C(C4)C3)cc1. The first-order chi connectivity index (χ1) is 13.7. The number of carbonyl (C=O) groups excluding carboxylic acids is 2. The molecule has 0 radical (unpaired) electrons. The van der Waals surface area contributed by atoms with Crippen LogP contribution in [0.4, 0.5) is 8.78 Å². The Morgan fingerprint density at radius 1 is 1.24 bits per heavy atom. The molecule has 1 aromatic rings. The van der Waals surface area contributed by atoms with Crippen molar-refractivity contribution in [2.24, 2.45) is 17.8 Å². The molecule has 0 aliphatic heterocycles. The third-order valence-corrected chi connectivity index (χ3v) is 6.68. The van der Waals surface area contributed by atoms with Crippen LogP contribution in [-0.4, -0.2) is 41.8 Å². The Hall–Kier alpha value is -2.08. The van der Waals surface area contributed by atoms with Crippen LogP contribution in [0.5, 0.6) is 0 Å². The van der Waals surface area contributed by atoms with Gasteiger partial charge in [0.05, 0.1) is 6.54 Å². The molecule has 4 aliphatic rings. The van der Waals surface area contributed by atoms with E-state index in [0.29, 0.717) is 31.7 Å². The van der Waals surface area contributed by atoms with Gasteiger partial charge in [-0.3, -0.25) is 9.69 Å². The molecule has 6 heteroatoms. The number of rotatable bonds is 7. The third kappa shape index (κ3) is 4.00. The highest BCUT2D eigenvalue weighted by molar-refractivity contribution is 5.86. The Labute approximate surface area is 169 Å². The van der Waals surface area contributed by atoms with Crippen molar-refractivity contribution in [3.63, 3.8) is 0 Å². The van der Waals surface area contributed by atoms with Gasteiger partial charge >= 0.3 is 11.9 Å². The fraction of sp³-hybridized carbons (Fsp3) is 0.565. The number of ether oxygens (including phenoxy) is 1. The largest absolute Gasteiger partial charge is 0.455 e. The molecule has 0 spiro atoms. The van der Waals surface area contributed by atoms with Crippen LogP contribution in [0.25, 0.3) is 6.08 Å². The van der Waals surface area contributed by atoms with Gasteiger partial charge in [-0.05, 0) is 56.2 Å². The molecule has 0 saturated heterocycles. The Kier molecular flexibility index (Phi) is 5.09. The molecule has 2 atom stereocenters. The highest BCUT2D eigenvalue weighted by Gasteiger charge is 2.58. The third-order valence-electron chi connectivity index (χ3n) is 6.68. The summed E-state index contributed by atoms with van der Waals surface area (Å²) in [6, 6.07) is 7.46. The van der Waals surface area contributed by atoms with E-state index in [1.807, 2.05) is 24.3 Å². The lowest BCUT2D eigenvalue weighted by atomic mass is 9.53. The molecular weight excluding hydrogens is 376 g/mol. The van der Waals surface area contributed by atoms with Crippen LogP contribution in [0, 0.1) is 17.8 Å². The molecule has 0 heterocycles. The fourth-order valence-electron chi connectivity index (χ4n) is 5.60. The summed E-state index contributed by atoms with van der Waals surface area (Å²) in [5.74, 6) is -4.74. The first kappa shape index (κ1) is 20.2. The Morgan fingerprint density at radius 3 is 2.45 bits per heavy atom. The van der Waals surface area contributed by atoms with Crippen molar-refractivity contribution >= 4 is 17.8 Å². The summed E-state index contributed by atoms with van der Waals surface area (Å²) < 4.78 is 34.8. The second-order valence-electron chi connectivity index (χ2n) is 9.14. The topological polar surface area (TPSA) is 46.6 Å². The van der Waals surface area contributed by atoms with Crippen LogP contribution in [0.3, 0.4) is 0 Å². The zero-order chi connectivity index (χ0) is 20.8. The Morgan fingerprint density at radius 2 is 1.86 bits per heavy atom. The van der Waals surface area contributed by atoms with Crippen LogP contribution >= 0.6 is 0 Å². The second-order valence-corrected chi connectivity index (χ2v) is 9.14. The van der Waals surface area contributed by atoms with Crippen molar-refractivity contribution in [3.8, 4) is 0 Å². The molecule has 5 rings (SSSR count). The van der Waals surface area contributed by atoms with Gasteiger partial charge in [0, 0.05) is 18.4 Å². The van der Waals surface area contributed by atoms with Crippen LogP contribution in [0.15, 0.2) is 30.8 Å². The quantitative estimate of drug-likeness (QED) is 0.644. The molecule has 4 nitrogen and oxygen atoms in total. The van der Waals surface area contributed by atoms with Crippen LogP contribution < -0.4 is 0 Å². The minimum Gasteiger partial charge on any atom is -0.455 e. The number of ketones is 1. The summed E-state index contributed by atoms with van der Waals surface area (Å²) in [6.45, 7) is 3.28. The minimum absolute atomic E-state index is 0.121. The van der Waals surface area contributed by atoms with E-state index in [9.17, 15) is 18.4 Å². The van der Waals surface area contributed by atoms with E-state index < -0.39 is 24.0 Å². The number of alkyl halides is 2. The van der Waals surface area contributed by atoms with E-state index in [1.165, 1.54) is 4.90 Å². The normalized spacial score (nSPS) is 30.6. The van der Waals surface area contributed by atoms with Crippen molar-refractivity contribution in [2.45, 2.75) is 50.2 Å². The average Bonchev–Trinajstić information content (AvgIpc) is 2.65. The van der Waals surface area contributed by atoms with Gasteiger partial charge in [-0.25, -0.2) is 4.79 Å². The zero-order valence-corrected chi connectivity index (χ0v) is 16.7. The molecule has 156 valence electrons. The molecular formula is C23H27F2NO3. The summed E-state index contributed by atoms with van der Waals surface area (Å²) in [4.78, 5) is 26.1. The lowest BCUT2D eigenvalue weighted by Gasteiger charge is -2.54. The van der Waals surface area contributed by atoms with Gasteiger partial charge in [0.1, 0.15) is 11.4 Å². The lowest BCUT2D eigenvalue weighted by Crippen LogP contribution is -2.58. The molecule has 0 aromatic heterocycles. The molecule has 2 unspecified atom stereocenters. The number of hydrogen-bond acceptors (Lipinski definition) is 4. The molecule has 4 fully saturated rings. The maximum Gasteiger partial charge on any atom is 0.378 e. The molecule has 4 bridgehead atoms. The Bertz CT molecular complexity index is 802. The zero-order valence-electron chi connectivity index (χ0n) is 16.7. The molecule has 4 saturated carbocycles. The first-order valence-corrected chi connectivity index (χ1v) is 10.2. The van der Waals surface area contributed by atoms with E-state index in [1.54, 1.807) is 13.1 Å². The van der Waals surface area contributed by atoms with Gasteiger partial charge in [0.2, 0.25) is 0 Å². The summed E-state index contributed by atoms with van der Waals surface area (Å²) in [5.41, 5.74) is 0.963. The van der Waals surface area contributed by atoms with Crippen molar-refractivity contribution in [3.05, 3.63) is 42.0 Å². The number of benzene rings is 1. The Balaban J connectivity index is 1.37. The fourth-order valence-corrected chi connectivity index (χ4v) is 5.60. The average molecular weight is 403 g/mol. The summed E-state index contributed by atoms with van der Waals surface area (Å²) in [5, 5.41) is 0. The summed E-state index contributed by atoms with van der Waals surface area (Å²) in [6.07, 6.45) is 4.78.